The fourth-order valence-corrected chi connectivity index (χ4v) is 3.61. The average molecular weight is 411 g/mol. The van der Waals surface area contributed by atoms with E-state index < -0.39 is 0 Å². The molecule has 0 unspecified atom stereocenters. The molecular weight excluding hydrogens is 394 g/mol. The zero-order valence-electron chi connectivity index (χ0n) is 15.9. The minimum absolute atomic E-state index is 0.296. The highest BCUT2D eigenvalue weighted by Gasteiger charge is 2.17. The van der Waals surface area contributed by atoms with Crippen LogP contribution in [0.25, 0.3) is 15.5 Å². The molecule has 2 aromatic heterocycles. The topological polar surface area (TPSA) is 99.9 Å². The Kier molecular flexibility index (Phi) is 5.00. The molecule has 0 aliphatic carbocycles. The van der Waals surface area contributed by atoms with Crippen molar-refractivity contribution in [3.63, 3.8) is 0 Å². The van der Waals surface area contributed by atoms with Crippen molar-refractivity contribution in [1.29, 1.82) is 0 Å². The van der Waals surface area contributed by atoms with Crippen LogP contribution < -0.4 is 19.5 Å². The summed E-state index contributed by atoms with van der Waals surface area (Å²) in [4.78, 5) is 13.4. The van der Waals surface area contributed by atoms with Gasteiger partial charge in [-0.05, 0) is 36.4 Å². The first kappa shape index (κ1) is 18.7. The summed E-state index contributed by atoms with van der Waals surface area (Å²) in [6.45, 7) is 0. The van der Waals surface area contributed by atoms with Gasteiger partial charge >= 0.3 is 0 Å². The standard InChI is InChI=1S/C19H17N5O4S/c1-26-14-8-12(9-15(27-2)16(14)28-3)17(25)21-13-6-4-11(5-7-13)18-23-24-10-20-22-19(24)29-18/h4-10H,1-3H3,(H,21,25). The summed E-state index contributed by atoms with van der Waals surface area (Å²) in [6, 6.07) is 10.6. The molecule has 9 nitrogen and oxygen atoms in total. The third kappa shape index (κ3) is 3.57. The number of amides is 1. The van der Waals surface area contributed by atoms with E-state index >= 15 is 0 Å². The van der Waals surface area contributed by atoms with Crippen molar-refractivity contribution in [2.24, 2.45) is 0 Å². The number of rotatable bonds is 6. The molecule has 0 spiro atoms. The first-order valence-electron chi connectivity index (χ1n) is 8.51. The molecule has 0 saturated carbocycles. The number of carbonyl (C=O) groups excluding carboxylic acids is 1. The summed E-state index contributed by atoms with van der Waals surface area (Å²) < 4.78 is 17.5. The van der Waals surface area contributed by atoms with Crippen molar-refractivity contribution < 1.29 is 19.0 Å². The van der Waals surface area contributed by atoms with E-state index in [2.05, 4.69) is 20.6 Å². The first-order valence-corrected chi connectivity index (χ1v) is 9.33. The Bertz CT molecular complexity index is 1120. The number of ether oxygens (including phenoxy) is 3. The SMILES string of the molecule is COc1cc(C(=O)Nc2ccc(-c3nn4cnnc4s3)cc2)cc(OC)c1OC. The van der Waals surface area contributed by atoms with E-state index in [1.54, 1.807) is 23.0 Å². The lowest BCUT2D eigenvalue weighted by atomic mass is 10.1. The van der Waals surface area contributed by atoms with Crippen LogP contribution in [0.1, 0.15) is 10.4 Å². The number of hydrogen-bond donors (Lipinski definition) is 1. The van der Waals surface area contributed by atoms with Crippen LogP contribution in [-0.4, -0.2) is 47.0 Å². The van der Waals surface area contributed by atoms with Gasteiger partial charge in [0.05, 0.1) is 21.3 Å². The Morgan fingerprint density at radius 3 is 2.31 bits per heavy atom. The van der Waals surface area contributed by atoms with E-state index in [0.717, 1.165) is 15.5 Å². The summed E-state index contributed by atoms with van der Waals surface area (Å²) in [5, 5.41) is 15.9. The van der Waals surface area contributed by atoms with E-state index in [0.29, 0.717) is 28.5 Å². The van der Waals surface area contributed by atoms with Crippen LogP contribution in [0.4, 0.5) is 5.69 Å². The number of benzene rings is 2. The van der Waals surface area contributed by atoms with Crippen molar-refractivity contribution in [3.8, 4) is 27.8 Å². The van der Waals surface area contributed by atoms with Crippen LogP contribution in [0.5, 0.6) is 17.2 Å². The lowest BCUT2D eigenvalue weighted by Crippen LogP contribution is -2.12. The molecule has 0 bridgehead atoms. The molecule has 29 heavy (non-hydrogen) atoms. The van der Waals surface area contributed by atoms with Gasteiger partial charge in [0.25, 0.3) is 5.91 Å². The molecule has 0 radical (unpaired) electrons. The first-order chi connectivity index (χ1) is 14.1. The highest BCUT2D eigenvalue weighted by molar-refractivity contribution is 7.19. The zero-order valence-corrected chi connectivity index (χ0v) is 16.7. The Hall–Kier alpha value is -3.66. The largest absolute Gasteiger partial charge is 0.493 e. The molecule has 0 fully saturated rings. The highest BCUT2D eigenvalue weighted by Crippen LogP contribution is 2.38. The molecule has 10 heteroatoms. The average Bonchev–Trinajstić information content (AvgIpc) is 3.35. The van der Waals surface area contributed by atoms with Gasteiger partial charge in [0.15, 0.2) is 11.5 Å². The number of nitrogens with zero attached hydrogens (tertiary/aromatic N) is 4. The predicted molar refractivity (Wildman–Crippen MR) is 108 cm³/mol. The predicted octanol–water partition coefficient (Wildman–Crippen LogP) is 3.13. The van der Waals surface area contributed by atoms with Crippen LogP contribution in [0.2, 0.25) is 0 Å². The molecule has 0 aliphatic rings. The summed E-state index contributed by atoms with van der Waals surface area (Å²) in [5.74, 6) is 0.961. The molecule has 0 aliphatic heterocycles. The quantitative estimate of drug-likeness (QED) is 0.520. The molecule has 4 rings (SSSR count). The maximum atomic E-state index is 12.7. The van der Waals surface area contributed by atoms with Gasteiger partial charge in [0, 0.05) is 16.8 Å². The fourth-order valence-electron chi connectivity index (χ4n) is 2.79. The minimum Gasteiger partial charge on any atom is -0.493 e. The number of methoxy groups -OCH3 is 3. The molecule has 0 saturated heterocycles. The van der Waals surface area contributed by atoms with E-state index in [4.69, 9.17) is 14.2 Å². The van der Waals surface area contributed by atoms with E-state index in [1.807, 2.05) is 24.3 Å². The number of aromatic nitrogens is 4. The van der Waals surface area contributed by atoms with Gasteiger partial charge in [-0.15, -0.1) is 10.2 Å². The molecular formula is C19H17N5O4S. The molecule has 1 amide bonds. The van der Waals surface area contributed by atoms with Crippen LogP contribution in [0.3, 0.4) is 0 Å². The zero-order chi connectivity index (χ0) is 20.4. The van der Waals surface area contributed by atoms with Crippen molar-refractivity contribution in [2.45, 2.75) is 0 Å². The van der Waals surface area contributed by atoms with Gasteiger partial charge in [-0.3, -0.25) is 4.79 Å². The van der Waals surface area contributed by atoms with Gasteiger partial charge < -0.3 is 19.5 Å². The van der Waals surface area contributed by atoms with E-state index in [-0.39, 0.29) is 5.91 Å². The van der Waals surface area contributed by atoms with Crippen molar-refractivity contribution in [2.75, 3.05) is 26.6 Å². The molecule has 148 valence electrons. The van der Waals surface area contributed by atoms with Crippen molar-refractivity contribution in [3.05, 3.63) is 48.3 Å². The second-order valence-electron chi connectivity index (χ2n) is 5.91. The fraction of sp³-hybridized carbons (Fsp3) is 0.158. The molecule has 1 N–H and O–H groups in total. The second kappa shape index (κ2) is 7.76. The summed E-state index contributed by atoms with van der Waals surface area (Å²) in [6.07, 6.45) is 1.56. The summed E-state index contributed by atoms with van der Waals surface area (Å²) in [7, 11) is 4.52. The molecule has 2 aromatic carbocycles. The molecule has 4 aromatic rings. The Morgan fingerprint density at radius 1 is 1.03 bits per heavy atom. The third-order valence-corrected chi connectivity index (χ3v) is 5.17. The smallest absolute Gasteiger partial charge is 0.255 e. The van der Waals surface area contributed by atoms with E-state index in [1.165, 1.54) is 32.7 Å². The Labute approximate surface area is 169 Å². The number of anilines is 1. The Morgan fingerprint density at radius 2 is 1.72 bits per heavy atom. The number of nitrogens with one attached hydrogen (secondary N) is 1. The number of carbonyl (C=O) groups is 1. The van der Waals surface area contributed by atoms with Gasteiger partial charge in [0.1, 0.15) is 11.3 Å². The van der Waals surface area contributed by atoms with Gasteiger partial charge in [-0.1, -0.05) is 11.3 Å². The van der Waals surface area contributed by atoms with Gasteiger partial charge in [-0.2, -0.15) is 9.61 Å². The highest BCUT2D eigenvalue weighted by atomic mass is 32.1. The Balaban J connectivity index is 1.54. The van der Waals surface area contributed by atoms with Crippen molar-refractivity contribution in [1.82, 2.24) is 19.8 Å². The van der Waals surface area contributed by atoms with Crippen LogP contribution in [0.15, 0.2) is 42.7 Å². The summed E-state index contributed by atoms with van der Waals surface area (Å²) >= 11 is 1.44. The lowest BCUT2D eigenvalue weighted by molar-refractivity contribution is 0.102. The normalized spacial score (nSPS) is 10.7. The molecule has 0 atom stereocenters. The molecule has 2 heterocycles. The number of hydrogen-bond acceptors (Lipinski definition) is 8. The number of fused-ring (bicyclic) bond motifs is 1. The van der Waals surface area contributed by atoms with Gasteiger partial charge in [-0.25, -0.2) is 0 Å². The van der Waals surface area contributed by atoms with Crippen LogP contribution in [0, 0.1) is 0 Å². The maximum absolute atomic E-state index is 12.7. The van der Waals surface area contributed by atoms with E-state index in [9.17, 15) is 4.79 Å². The second-order valence-corrected chi connectivity index (χ2v) is 6.87. The summed E-state index contributed by atoms with van der Waals surface area (Å²) in [5.41, 5.74) is 1.96. The lowest BCUT2D eigenvalue weighted by Gasteiger charge is -2.14. The van der Waals surface area contributed by atoms with Crippen LogP contribution in [-0.2, 0) is 0 Å². The minimum atomic E-state index is -0.296. The van der Waals surface area contributed by atoms with Crippen LogP contribution >= 0.6 is 11.3 Å². The monoisotopic (exact) mass is 411 g/mol. The third-order valence-electron chi connectivity index (χ3n) is 4.20. The van der Waals surface area contributed by atoms with Gasteiger partial charge in [0.2, 0.25) is 10.7 Å². The maximum Gasteiger partial charge on any atom is 0.255 e. The van der Waals surface area contributed by atoms with Crippen molar-refractivity contribution >= 4 is 27.9 Å².